The van der Waals surface area contributed by atoms with Gasteiger partial charge in [0.1, 0.15) is 9.65 Å². The van der Waals surface area contributed by atoms with E-state index in [0.717, 1.165) is 10.8 Å². The first-order chi connectivity index (χ1) is 9.50. The molecule has 0 saturated heterocycles. The van der Waals surface area contributed by atoms with E-state index in [9.17, 15) is 9.59 Å². The molecule has 20 heavy (non-hydrogen) atoms. The van der Waals surface area contributed by atoms with Crippen LogP contribution in [0.4, 0.5) is 5.69 Å². The van der Waals surface area contributed by atoms with Crippen LogP contribution in [-0.4, -0.2) is 26.6 Å². The summed E-state index contributed by atoms with van der Waals surface area (Å²) in [6, 6.07) is 13.2. The number of hydrogen-bond donors (Lipinski definition) is 2. The molecule has 104 valence electrons. The molecule has 0 aliphatic rings. The van der Waals surface area contributed by atoms with Crippen molar-refractivity contribution in [2.45, 2.75) is 9.65 Å². The molecule has 1 amide bonds. The van der Waals surface area contributed by atoms with E-state index in [1.54, 1.807) is 6.07 Å². The van der Waals surface area contributed by atoms with E-state index in [-0.39, 0.29) is 0 Å². The number of anilines is 1. The fraction of sp³-hybridized carbons (Fsp3) is 0.143. The van der Waals surface area contributed by atoms with Crippen molar-refractivity contribution in [3.05, 3.63) is 42.5 Å². The number of nitrogens with one attached hydrogen (secondary N) is 1. The van der Waals surface area contributed by atoms with Gasteiger partial charge in [0.25, 0.3) is 0 Å². The summed E-state index contributed by atoms with van der Waals surface area (Å²) in [6.07, 6.45) is 0. The third-order valence-electron chi connectivity index (χ3n) is 2.79. The van der Waals surface area contributed by atoms with Crippen LogP contribution < -0.4 is 5.32 Å². The maximum Gasteiger partial charge on any atom is 0.318 e. The zero-order chi connectivity index (χ0) is 14.7. The van der Waals surface area contributed by atoms with Gasteiger partial charge >= 0.3 is 5.97 Å². The smallest absolute Gasteiger partial charge is 0.318 e. The number of rotatable bonds is 4. The van der Waals surface area contributed by atoms with Crippen LogP contribution in [0.3, 0.4) is 0 Å². The molecule has 0 unspecified atom stereocenters. The van der Waals surface area contributed by atoms with Gasteiger partial charge in [-0.3, -0.25) is 9.59 Å². The maximum absolute atomic E-state index is 12.1. The number of benzene rings is 2. The molecule has 2 aromatic carbocycles. The molecule has 2 atom stereocenters. The predicted octanol–water partition coefficient (Wildman–Crippen LogP) is 3.39. The largest absolute Gasteiger partial charge is 0.480 e. The van der Waals surface area contributed by atoms with E-state index in [1.165, 1.54) is 0 Å². The third-order valence-corrected chi connectivity index (χ3v) is 5.37. The van der Waals surface area contributed by atoms with Crippen molar-refractivity contribution in [1.29, 1.82) is 0 Å². The molecule has 2 aromatic rings. The molecule has 0 spiro atoms. The summed E-state index contributed by atoms with van der Waals surface area (Å²) >= 11 is 6.06. The Morgan fingerprint density at radius 1 is 1.00 bits per heavy atom. The van der Waals surface area contributed by atoms with Crippen LogP contribution >= 0.6 is 31.9 Å². The average molecular weight is 401 g/mol. The van der Waals surface area contributed by atoms with Gasteiger partial charge in [0.05, 0.1) is 0 Å². The Bertz CT molecular complexity index is 654. The van der Waals surface area contributed by atoms with Crippen LogP contribution in [0.25, 0.3) is 10.8 Å². The van der Waals surface area contributed by atoms with Crippen molar-refractivity contribution in [1.82, 2.24) is 0 Å². The van der Waals surface area contributed by atoms with Gasteiger partial charge in [-0.2, -0.15) is 0 Å². The highest BCUT2D eigenvalue weighted by atomic mass is 79.9. The highest BCUT2D eigenvalue weighted by molar-refractivity contribution is 9.12. The van der Waals surface area contributed by atoms with Crippen molar-refractivity contribution >= 4 is 60.2 Å². The number of amides is 1. The van der Waals surface area contributed by atoms with E-state index in [1.807, 2.05) is 36.4 Å². The molecule has 0 fully saturated rings. The number of alkyl halides is 2. The highest BCUT2D eigenvalue weighted by Crippen LogP contribution is 2.24. The molecule has 0 aromatic heterocycles. The van der Waals surface area contributed by atoms with Gasteiger partial charge in [0, 0.05) is 11.1 Å². The van der Waals surface area contributed by atoms with E-state index in [4.69, 9.17) is 5.11 Å². The minimum Gasteiger partial charge on any atom is -0.480 e. The van der Waals surface area contributed by atoms with Crippen molar-refractivity contribution in [3.63, 3.8) is 0 Å². The second-order valence-electron chi connectivity index (χ2n) is 4.16. The summed E-state index contributed by atoms with van der Waals surface area (Å²) in [5.41, 5.74) is 0.655. The second kappa shape index (κ2) is 6.37. The van der Waals surface area contributed by atoms with E-state index >= 15 is 0 Å². The van der Waals surface area contributed by atoms with Crippen LogP contribution in [0.15, 0.2) is 42.5 Å². The Kier molecular flexibility index (Phi) is 4.77. The Morgan fingerprint density at radius 2 is 1.65 bits per heavy atom. The summed E-state index contributed by atoms with van der Waals surface area (Å²) in [6.45, 7) is 0. The van der Waals surface area contributed by atoms with Gasteiger partial charge in [-0.05, 0) is 11.5 Å². The summed E-state index contributed by atoms with van der Waals surface area (Å²) in [5.74, 6) is -1.51. The van der Waals surface area contributed by atoms with Gasteiger partial charge in [0.15, 0.2) is 0 Å². The van der Waals surface area contributed by atoms with Crippen molar-refractivity contribution < 1.29 is 14.7 Å². The van der Waals surface area contributed by atoms with E-state index in [0.29, 0.717) is 5.69 Å². The number of carbonyl (C=O) groups is 2. The molecule has 0 radical (unpaired) electrons. The van der Waals surface area contributed by atoms with Crippen molar-refractivity contribution in [2.24, 2.45) is 0 Å². The predicted molar refractivity (Wildman–Crippen MR) is 85.6 cm³/mol. The molecule has 0 bridgehead atoms. The van der Waals surface area contributed by atoms with Crippen molar-refractivity contribution in [3.8, 4) is 0 Å². The molecular weight excluding hydrogens is 390 g/mol. The molecule has 0 aliphatic heterocycles. The third kappa shape index (κ3) is 3.19. The standard InChI is InChI=1S/C14H11Br2NO3/c15-11(12(16)14(19)20)13(18)17-10-7-3-5-8-4-1-2-6-9(8)10/h1-7,11-12H,(H,17,18)(H,19,20)/t11-,12-/m1/s1. The van der Waals surface area contributed by atoms with Gasteiger partial charge < -0.3 is 10.4 Å². The minimum atomic E-state index is -1.10. The Hall–Kier alpha value is -1.40. The van der Waals surface area contributed by atoms with Crippen LogP contribution in [0.5, 0.6) is 0 Å². The van der Waals surface area contributed by atoms with E-state index in [2.05, 4.69) is 37.2 Å². The van der Waals surface area contributed by atoms with Crippen LogP contribution in [0.1, 0.15) is 0 Å². The second-order valence-corrected chi connectivity index (χ2v) is 6.13. The van der Waals surface area contributed by atoms with Crippen LogP contribution in [-0.2, 0) is 9.59 Å². The Morgan fingerprint density at radius 3 is 2.35 bits per heavy atom. The summed E-state index contributed by atoms with van der Waals surface area (Å²) < 4.78 is 0. The lowest BCUT2D eigenvalue weighted by molar-refractivity contribution is -0.137. The van der Waals surface area contributed by atoms with Crippen LogP contribution in [0.2, 0.25) is 0 Å². The topological polar surface area (TPSA) is 66.4 Å². The molecule has 6 heteroatoms. The average Bonchev–Trinajstić information content (AvgIpc) is 2.46. The van der Waals surface area contributed by atoms with Crippen LogP contribution in [0, 0.1) is 0 Å². The first kappa shape index (κ1) is 15.0. The fourth-order valence-electron chi connectivity index (χ4n) is 1.79. The number of fused-ring (bicyclic) bond motifs is 1. The molecule has 2 N–H and O–H groups in total. The summed E-state index contributed by atoms with van der Waals surface area (Å²) in [4.78, 5) is 21.1. The SMILES string of the molecule is O=C(O)[C@H](Br)[C@@H](Br)C(=O)Nc1cccc2ccccc12. The number of carboxylic acids is 1. The maximum atomic E-state index is 12.1. The van der Waals surface area contributed by atoms with Gasteiger partial charge in [-0.25, -0.2) is 0 Å². The number of carbonyl (C=O) groups excluding carboxylic acids is 1. The monoisotopic (exact) mass is 399 g/mol. The Labute approximate surface area is 132 Å². The van der Waals surface area contributed by atoms with E-state index < -0.39 is 21.5 Å². The zero-order valence-corrected chi connectivity index (χ0v) is 13.4. The Balaban J connectivity index is 2.24. The molecule has 0 heterocycles. The number of carboxylic acid groups (broad SMARTS) is 1. The molecule has 4 nitrogen and oxygen atoms in total. The number of halogens is 2. The molecular formula is C14H11Br2NO3. The minimum absolute atomic E-state index is 0.411. The zero-order valence-electron chi connectivity index (χ0n) is 10.2. The molecule has 2 rings (SSSR count). The molecule has 0 saturated carbocycles. The fourth-order valence-corrected chi connectivity index (χ4v) is 2.37. The molecule has 0 aliphatic carbocycles. The lowest BCUT2D eigenvalue weighted by Gasteiger charge is -2.14. The van der Waals surface area contributed by atoms with Crippen molar-refractivity contribution in [2.75, 3.05) is 5.32 Å². The lowest BCUT2D eigenvalue weighted by Crippen LogP contribution is -2.34. The van der Waals surface area contributed by atoms with Gasteiger partial charge in [-0.15, -0.1) is 0 Å². The van der Waals surface area contributed by atoms with Gasteiger partial charge in [0.2, 0.25) is 5.91 Å². The quantitative estimate of drug-likeness (QED) is 0.773. The number of aliphatic carboxylic acids is 1. The highest BCUT2D eigenvalue weighted by Gasteiger charge is 2.29. The normalized spacial score (nSPS) is 13.7. The summed E-state index contributed by atoms with van der Waals surface area (Å²) in [7, 11) is 0. The number of hydrogen-bond acceptors (Lipinski definition) is 2. The first-order valence-corrected chi connectivity index (χ1v) is 7.63. The van der Waals surface area contributed by atoms with Gasteiger partial charge in [-0.1, -0.05) is 68.3 Å². The summed E-state index contributed by atoms with van der Waals surface area (Å²) in [5, 5.41) is 13.5. The first-order valence-electron chi connectivity index (χ1n) is 5.80. The lowest BCUT2D eigenvalue weighted by atomic mass is 10.1.